The summed E-state index contributed by atoms with van der Waals surface area (Å²) < 4.78 is 4.85. The van der Waals surface area contributed by atoms with Crippen LogP contribution >= 0.6 is 15.9 Å². The third-order valence-corrected chi connectivity index (χ3v) is 1.82. The molecule has 3 nitrogen and oxygen atoms in total. The largest absolute Gasteiger partial charge is 0.361 e. The van der Waals surface area contributed by atoms with Gasteiger partial charge in [-0.3, -0.25) is 4.79 Å². The Labute approximate surface area is 72.9 Å². The van der Waals surface area contributed by atoms with E-state index in [0.29, 0.717) is 17.5 Å². The van der Waals surface area contributed by atoms with E-state index in [9.17, 15) is 4.79 Å². The Bertz CT molecular complexity index is 257. The Balaban J connectivity index is 2.57. The summed E-state index contributed by atoms with van der Waals surface area (Å²) in [6.45, 7) is 1.83. The molecule has 1 heterocycles. The number of halogens is 1. The van der Waals surface area contributed by atoms with E-state index in [1.54, 1.807) is 6.07 Å². The van der Waals surface area contributed by atoms with Crippen LogP contribution in [0.4, 0.5) is 0 Å². The molecule has 0 saturated carbocycles. The molecule has 0 spiro atoms. The Morgan fingerprint density at radius 2 is 2.55 bits per heavy atom. The highest BCUT2D eigenvalue weighted by atomic mass is 79.9. The van der Waals surface area contributed by atoms with Crippen molar-refractivity contribution in [1.29, 1.82) is 0 Å². The fourth-order valence-corrected chi connectivity index (χ4v) is 0.939. The first kappa shape index (κ1) is 8.46. The highest BCUT2D eigenvalue weighted by molar-refractivity contribution is 9.09. The van der Waals surface area contributed by atoms with Gasteiger partial charge in [-0.25, -0.2) is 0 Å². The minimum atomic E-state index is 0.0983. The summed E-state index contributed by atoms with van der Waals surface area (Å²) in [4.78, 5) is 10.9. The van der Waals surface area contributed by atoms with Crippen LogP contribution in [0.25, 0.3) is 0 Å². The van der Waals surface area contributed by atoms with Crippen molar-refractivity contribution < 1.29 is 9.32 Å². The molecule has 0 N–H and O–H groups in total. The summed E-state index contributed by atoms with van der Waals surface area (Å²) in [5.74, 6) is 0.730. The molecule has 0 atom stereocenters. The number of aryl methyl sites for hydroxylation is 1. The minimum Gasteiger partial charge on any atom is -0.361 e. The van der Waals surface area contributed by atoms with E-state index in [4.69, 9.17) is 4.52 Å². The quantitative estimate of drug-likeness (QED) is 0.721. The van der Waals surface area contributed by atoms with Gasteiger partial charge in [0.2, 0.25) is 0 Å². The van der Waals surface area contributed by atoms with Crippen molar-refractivity contribution in [1.82, 2.24) is 5.16 Å². The van der Waals surface area contributed by atoms with Gasteiger partial charge < -0.3 is 4.52 Å². The summed E-state index contributed by atoms with van der Waals surface area (Å²) in [5.41, 5.74) is 0.808. The van der Waals surface area contributed by atoms with Crippen molar-refractivity contribution >= 4 is 21.7 Å². The summed E-state index contributed by atoms with van der Waals surface area (Å²) in [7, 11) is 0. The number of aromatic nitrogens is 1. The SMILES string of the molecule is Cc1cc(CC(=O)CBr)on1. The molecule has 0 fully saturated rings. The van der Waals surface area contributed by atoms with Crippen LogP contribution in [0, 0.1) is 6.92 Å². The zero-order valence-corrected chi connectivity index (χ0v) is 7.72. The smallest absolute Gasteiger partial charge is 0.151 e. The number of rotatable bonds is 3. The first-order valence-electron chi connectivity index (χ1n) is 3.22. The lowest BCUT2D eigenvalue weighted by Gasteiger charge is -1.88. The Morgan fingerprint density at radius 1 is 1.82 bits per heavy atom. The molecule has 1 aromatic rings. The van der Waals surface area contributed by atoms with Gasteiger partial charge in [-0.15, -0.1) is 0 Å². The Hall–Kier alpha value is -0.640. The molecule has 1 rings (SSSR count). The van der Waals surface area contributed by atoms with E-state index in [1.807, 2.05) is 6.92 Å². The zero-order chi connectivity index (χ0) is 8.27. The number of hydrogen-bond donors (Lipinski definition) is 0. The number of carbonyl (C=O) groups is 1. The van der Waals surface area contributed by atoms with E-state index in [2.05, 4.69) is 21.1 Å². The minimum absolute atomic E-state index is 0.0983. The number of carbonyl (C=O) groups excluding carboxylic acids is 1. The first-order valence-corrected chi connectivity index (χ1v) is 4.34. The molecule has 0 unspecified atom stereocenters. The van der Waals surface area contributed by atoms with Crippen LogP contribution < -0.4 is 0 Å². The fourth-order valence-electron chi connectivity index (χ4n) is 0.741. The van der Waals surface area contributed by atoms with Gasteiger partial charge in [0.25, 0.3) is 0 Å². The molecule has 1 aromatic heterocycles. The van der Waals surface area contributed by atoms with Gasteiger partial charge >= 0.3 is 0 Å². The van der Waals surface area contributed by atoms with Crippen LogP contribution in [-0.4, -0.2) is 16.3 Å². The van der Waals surface area contributed by atoms with Crippen molar-refractivity contribution in [3.05, 3.63) is 17.5 Å². The van der Waals surface area contributed by atoms with Crippen LogP contribution in [0.15, 0.2) is 10.6 Å². The van der Waals surface area contributed by atoms with E-state index >= 15 is 0 Å². The molecule has 0 aromatic carbocycles. The topological polar surface area (TPSA) is 43.1 Å². The predicted octanol–water partition coefficient (Wildman–Crippen LogP) is 1.49. The summed E-state index contributed by atoms with van der Waals surface area (Å²) in [6.07, 6.45) is 0.325. The van der Waals surface area contributed by atoms with Gasteiger partial charge in [0.15, 0.2) is 5.78 Å². The molecule has 0 saturated heterocycles. The second-order valence-corrected chi connectivity index (χ2v) is 2.84. The van der Waals surface area contributed by atoms with Crippen molar-refractivity contribution in [3.8, 4) is 0 Å². The van der Waals surface area contributed by atoms with Crippen molar-refractivity contribution in [3.63, 3.8) is 0 Å². The van der Waals surface area contributed by atoms with Crippen LogP contribution in [-0.2, 0) is 11.2 Å². The maximum atomic E-state index is 10.9. The molecule has 0 amide bonds. The molecule has 0 aliphatic heterocycles. The molecule has 0 radical (unpaired) electrons. The molecule has 4 heteroatoms. The van der Waals surface area contributed by atoms with Gasteiger partial charge in [0.1, 0.15) is 5.76 Å². The van der Waals surface area contributed by atoms with Gasteiger partial charge in [0.05, 0.1) is 17.4 Å². The zero-order valence-electron chi connectivity index (χ0n) is 6.13. The highest BCUT2D eigenvalue weighted by Gasteiger charge is 2.05. The molecular formula is C7H8BrNO2. The molecule has 0 aliphatic rings. The van der Waals surface area contributed by atoms with Gasteiger partial charge in [-0.05, 0) is 6.92 Å². The Kier molecular flexibility index (Phi) is 2.82. The number of ketones is 1. The third kappa shape index (κ3) is 2.46. The first-order chi connectivity index (χ1) is 5.22. The second kappa shape index (κ2) is 3.67. The van der Waals surface area contributed by atoms with Crippen molar-refractivity contribution in [2.24, 2.45) is 0 Å². The van der Waals surface area contributed by atoms with Crippen LogP contribution in [0.2, 0.25) is 0 Å². The lowest BCUT2D eigenvalue weighted by atomic mass is 10.2. The Morgan fingerprint density at radius 3 is 3.00 bits per heavy atom. The number of alkyl halides is 1. The molecule has 11 heavy (non-hydrogen) atoms. The second-order valence-electron chi connectivity index (χ2n) is 2.28. The highest BCUT2D eigenvalue weighted by Crippen LogP contribution is 2.03. The molecule has 0 aliphatic carbocycles. The average Bonchev–Trinajstić information content (AvgIpc) is 2.35. The van der Waals surface area contributed by atoms with E-state index in [-0.39, 0.29) is 5.78 Å². The maximum Gasteiger partial charge on any atom is 0.151 e. The van der Waals surface area contributed by atoms with Crippen LogP contribution in [0.5, 0.6) is 0 Å². The number of nitrogens with zero attached hydrogens (tertiary/aromatic N) is 1. The van der Waals surface area contributed by atoms with Gasteiger partial charge in [-0.2, -0.15) is 0 Å². The summed E-state index contributed by atoms with van der Waals surface area (Å²) in [5, 5.41) is 4.03. The van der Waals surface area contributed by atoms with Gasteiger partial charge in [-0.1, -0.05) is 21.1 Å². The normalized spacial score (nSPS) is 10.0. The van der Waals surface area contributed by atoms with Crippen LogP contribution in [0.3, 0.4) is 0 Å². The van der Waals surface area contributed by atoms with E-state index in [1.165, 1.54) is 0 Å². The van der Waals surface area contributed by atoms with Crippen molar-refractivity contribution in [2.45, 2.75) is 13.3 Å². The van der Waals surface area contributed by atoms with E-state index in [0.717, 1.165) is 5.69 Å². The standard InChI is InChI=1S/C7H8BrNO2/c1-5-2-7(11-9-5)3-6(10)4-8/h2H,3-4H2,1H3. The van der Waals surface area contributed by atoms with Crippen molar-refractivity contribution in [2.75, 3.05) is 5.33 Å². The third-order valence-electron chi connectivity index (χ3n) is 1.20. The fraction of sp³-hybridized carbons (Fsp3) is 0.429. The van der Waals surface area contributed by atoms with Gasteiger partial charge in [0, 0.05) is 6.07 Å². The number of Topliss-reactive ketones (excluding diaryl/α,β-unsaturated/α-hetero) is 1. The average molecular weight is 218 g/mol. The maximum absolute atomic E-state index is 10.9. The molecular weight excluding hydrogens is 210 g/mol. The lowest BCUT2D eigenvalue weighted by molar-refractivity contribution is -0.116. The number of hydrogen-bond acceptors (Lipinski definition) is 3. The lowest BCUT2D eigenvalue weighted by Crippen LogP contribution is -2.01. The summed E-state index contributed by atoms with van der Waals surface area (Å²) >= 11 is 3.07. The van der Waals surface area contributed by atoms with E-state index < -0.39 is 0 Å². The molecule has 60 valence electrons. The summed E-state index contributed by atoms with van der Waals surface area (Å²) in [6, 6.07) is 1.76. The monoisotopic (exact) mass is 217 g/mol. The molecule has 0 bridgehead atoms. The predicted molar refractivity (Wildman–Crippen MR) is 43.7 cm³/mol. The van der Waals surface area contributed by atoms with Crippen LogP contribution in [0.1, 0.15) is 11.5 Å².